The summed E-state index contributed by atoms with van der Waals surface area (Å²) in [5.74, 6) is -0.00429. The summed E-state index contributed by atoms with van der Waals surface area (Å²) < 4.78 is 5.42. The molecule has 0 atom stereocenters. The number of rotatable bonds is 5. The summed E-state index contributed by atoms with van der Waals surface area (Å²) >= 11 is 1.07. The molecule has 22 heavy (non-hydrogen) atoms. The van der Waals surface area contributed by atoms with Crippen LogP contribution in [0.3, 0.4) is 0 Å². The van der Waals surface area contributed by atoms with E-state index in [0.717, 1.165) is 17.3 Å². The first-order valence-corrected chi connectivity index (χ1v) is 7.37. The lowest BCUT2D eigenvalue weighted by Crippen LogP contribution is -2.47. The number of carbonyl (C=O) groups excluding carboxylic acids is 2. The van der Waals surface area contributed by atoms with Crippen LogP contribution in [0.1, 0.15) is 6.92 Å². The Labute approximate surface area is 130 Å². The highest BCUT2D eigenvalue weighted by atomic mass is 32.2. The minimum absolute atomic E-state index is 0.0321. The molecule has 0 radical (unpaired) electrons. The van der Waals surface area contributed by atoms with Crippen molar-refractivity contribution >= 4 is 23.7 Å². The Kier molecular flexibility index (Phi) is 5.72. The van der Waals surface area contributed by atoms with Gasteiger partial charge in [-0.15, -0.1) is 10.2 Å². The molecule has 0 aromatic carbocycles. The molecule has 0 aliphatic carbocycles. The fraction of sp³-hybridized carbons (Fsp3) is 0.250. The molecule has 0 fully saturated rings. The first-order chi connectivity index (χ1) is 10.7. The molecule has 0 saturated carbocycles. The Morgan fingerprint density at radius 3 is 2.73 bits per heavy atom. The highest BCUT2D eigenvalue weighted by Gasteiger charge is 2.11. The lowest BCUT2D eigenvalue weighted by Gasteiger charge is -2.06. The molecule has 116 valence electrons. The van der Waals surface area contributed by atoms with Crippen LogP contribution in [0.5, 0.6) is 0 Å². The number of nitrogens with one attached hydrogen (secondary N) is 3. The van der Waals surface area contributed by atoms with Crippen LogP contribution < -0.4 is 16.2 Å². The van der Waals surface area contributed by atoms with Gasteiger partial charge in [-0.2, -0.15) is 0 Å². The number of aromatic nitrogens is 3. The van der Waals surface area contributed by atoms with E-state index >= 15 is 0 Å². The third kappa shape index (κ3) is 4.74. The van der Waals surface area contributed by atoms with Crippen LogP contribution in [0.15, 0.2) is 34.2 Å². The van der Waals surface area contributed by atoms with Gasteiger partial charge in [-0.25, -0.2) is 10.2 Å². The molecule has 0 aliphatic heterocycles. The maximum Gasteiger partial charge on any atom is 0.333 e. The smallest absolute Gasteiger partial charge is 0.333 e. The quantitative estimate of drug-likeness (QED) is 0.543. The van der Waals surface area contributed by atoms with Gasteiger partial charge in [-0.3, -0.25) is 15.2 Å². The molecule has 0 unspecified atom stereocenters. The van der Waals surface area contributed by atoms with Gasteiger partial charge in [0.05, 0.1) is 5.75 Å². The van der Waals surface area contributed by atoms with E-state index in [4.69, 9.17) is 4.42 Å². The van der Waals surface area contributed by atoms with Crippen LogP contribution in [-0.2, 0) is 4.79 Å². The maximum atomic E-state index is 11.5. The number of carbonyl (C=O) groups is 2. The van der Waals surface area contributed by atoms with Crippen LogP contribution in [0.25, 0.3) is 11.5 Å². The average molecular weight is 322 g/mol. The van der Waals surface area contributed by atoms with Gasteiger partial charge < -0.3 is 9.73 Å². The van der Waals surface area contributed by atoms with Gasteiger partial charge in [-0.1, -0.05) is 11.8 Å². The number of hydrazine groups is 1. The fourth-order valence-corrected chi connectivity index (χ4v) is 1.94. The molecule has 2 heterocycles. The minimum atomic E-state index is -0.474. The normalized spacial score (nSPS) is 10.0. The second-order valence-electron chi connectivity index (χ2n) is 3.93. The molecule has 2 rings (SSSR count). The summed E-state index contributed by atoms with van der Waals surface area (Å²) in [5.41, 5.74) is 5.22. The molecular formula is C12H14N6O3S. The number of nitrogens with zero attached hydrogens (tertiary/aromatic N) is 3. The van der Waals surface area contributed by atoms with Gasteiger partial charge in [0, 0.05) is 24.5 Å². The topological polar surface area (TPSA) is 122 Å². The third-order valence-corrected chi connectivity index (χ3v) is 3.13. The number of hydrogen-bond acceptors (Lipinski definition) is 7. The minimum Gasteiger partial charge on any atom is -0.411 e. The van der Waals surface area contributed by atoms with Crippen LogP contribution in [0, 0.1) is 0 Å². The predicted molar refractivity (Wildman–Crippen MR) is 78.6 cm³/mol. The summed E-state index contributed by atoms with van der Waals surface area (Å²) in [6.45, 7) is 2.24. The van der Waals surface area contributed by atoms with Crippen molar-refractivity contribution in [2.45, 2.75) is 12.1 Å². The Bertz CT molecular complexity index is 633. The second kappa shape index (κ2) is 7.98. The van der Waals surface area contributed by atoms with Crippen molar-refractivity contribution in [2.24, 2.45) is 0 Å². The van der Waals surface area contributed by atoms with Crippen molar-refractivity contribution in [3.63, 3.8) is 0 Å². The number of urea groups is 1. The van der Waals surface area contributed by atoms with Gasteiger partial charge in [-0.05, 0) is 19.1 Å². The van der Waals surface area contributed by atoms with Crippen molar-refractivity contribution in [3.05, 3.63) is 24.5 Å². The van der Waals surface area contributed by atoms with Crippen LogP contribution in [0.4, 0.5) is 4.79 Å². The molecule has 9 nitrogen and oxygen atoms in total. The fourth-order valence-electron chi connectivity index (χ4n) is 1.37. The number of thioether (sulfide) groups is 1. The number of amides is 3. The lowest BCUT2D eigenvalue weighted by atomic mass is 10.3. The van der Waals surface area contributed by atoms with Gasteiger partial charge in [0.15, 0.2) is 0 Å². The van der Waals surface area contributed by atoms with Crippen molar-refractivity contribution in [2.75, 3.05) is 12.3 Å². The molecular weight excluding hydrogens is 308 g/mol. The van der Waals surface area contributed by atoms with Crippen LogP contribution >= 0.6 is 11.8 Å². The summed E-state index contributed by atoms with van der Waals surface area (Å²) in [6.07, 6.45) is 3.24. The summed E-state index contributed by atoms with van der Waals surface area (Å²) in [6, 6.07) is 3.01. The van der Waals surface area contributed by atoms with Gasteiger partial charge in [0.25, 0.3) is 5.22 Å². The second-order valence-corrected chi connectivity index (χ2v) is 4.86. The monoisotopic (exact) mass is 322 g/mol. The molecule has 10 heteroatoms. The molecule has 2 aromatic rings. The van der Waals surface area contributed by atoms with Gasteiger partial charge in [0.2, 0.25) is 11.8 Å². The van der Waals surface area contributed by atoms with Crippen LogP contribution in [0.2, 0.25) is 0 Å². The van der Waals surface area contributed by atoms with E-state index in [0.29, 0.717) is 12.4 Å². The van der Waals surface area contributed by atoms with E-state index in [-0.39, 0.29) is 16.9 Å². The van der Waals surface area contributed by atoms with E-state index < -0.39 is 6.03 Å². The first-order valence-electron chi connectivity index (χ1n) is 6.38. The van der Waals surface area contributed by atoms with Crippen molar-refractivity contribution in [1.82, 2.24) is 31.3 Å². The largest absolute Gasteiger partial charge is 0.411 e. The lowest BCUT2D eigenvalue weighted by molar-refractivity contribution is -0.119. The van der Waals surface area contributed by atoms with Crippen LogP contribution in [-0.4, -0.2) is 39.4 Å². The zero-order valence-electron chi connectivity index (χ0n) is 11.7. The molecule has 2 aromatic heterocycles. The molecule has 0 aliphatic rings. The average Bonchev–Trinajstić information content (AvgIpc) is 3.01. The predicted octanol–water partition coefficient (Wildman–Crippen LogP) is 0.574. The third-order valence-electron chi connectivity index (χ3n) is 2.31. The SMILES string of the molecule is CCNC(=O)NNC(=O)CSc1nnc(-c2ccncc2)o1. The van der Waals surface area contributed by atoms with E-state index in [1.165, 1.54) is 0 Å². The Hall–Kier alpha value is -2.62. The highest BCUT2D eigenvalue weighted by molar-refractivity contribution is 7.99. The zero-order valence-corrected chi connectivity index (χ0v) is 12.5. The van der Waals surface area contributed by atoms with E-state index in [2.05, 4.69) is 31.3 Å². The van der Waals surface area contributed by atoms with Crippen molar-refractivity contribution in [1.29, 1.82) is 0 Å². The van der Waals surface area contributed by atoms with Gasteiger partial charge in [0.1, 0.15) is 0 Å². The van der Waals surface area contributed by atoms with Crippen molar-refractivity contribution < 1.29 is 14.0 Å². The van der Waals surface area contributed by atoms with E-state index in [1.807, 2.05) is 0 Å². The zero-order chi connectivity index (χ0) is 15.8. The molecule has 0 saturated heterocycles. The summed E-state index contributed by atoms with van der Waals surface area (Å²) in [4.78, 5) is 26.5. The van der Waals surface area contributed by atoms with Gasteiger partial charge >= 0.3 is 6.03 Å². The van der Waals surface area contributed by atoms with E-state index in [9.17, 15) is 9.59 Å². The molecule has 3 N–H and O–H groups in total. The Balaban J connectivity index is 1.79. The summed E-state index contributed by atoms with van der Waals surface area (Å²) in [5, 5.41) is 10.5. The first kappa shape index (κ1) is 15.8. The highest BCUT2D eigenvalue weighted by Crippen LogP contribution is 2.22. The van der Waals surface area contributed by atoms with E-state index in [1.54, 1.807) is 31.5 Å². The molecule has 3 amide bonds. The Morgan fingerprint density at radius 2 is 2.00 bits per heavy atom. The van der Waals surface area contributed by atoms with Crippen molar-refractivity contribution in [3.8, 4) is 11.5 Å². The number of hydrogen-bond donors (Lipinski definition) is 3. The summed E-state index contributed by atoms with van der Waals surface area (Å²) in [7, 11) is 0. The maximum absolute atomic E-state index is 11.5. The standard InChI is InChI=1S/C12H14N6O3S/c1-2-14-11(20)17-15-9(19)7-22-12-18-16-10(21-12)8-3-5-13-6-4-8/h3-6H,2,7H2,1H3,(H,15,19)(H2,14,17,20). The molecule has 0 bridgehead atoms. The molecule has 0 spiro atoms. The Morgan fingerprint density at radius 1 is 1.23 bits per heavy atom. The number of pyridine rings is 1.